The third-order valence-electron chi connectivity index (χ3n) is 4.71. The van der Waals surface area contributed by atoms with E-state index >= 15 is 0 Å². The van der Waals surface area contributed by atoms with Crippen LogP contribution < -0.4 is 21.7 Å². The molecule has 0 aliphatic rings. The number of nitrogens with one attached hydrogen (secondary N) is 3. The molecule has 11 heteroatoms. The summed E-state index contributed by atoms with van der Waals surface area (Å²) in [6, 6.07) is 0.0952. The van der Waals surface area contributed by atoms with Crippen molar-refractivity contribution in [2.75, 3.05) is 46.7 Å². The third-order valence-corrected chi connectivity index (χ3v) is 4.71. The molecule has 0 aliphatic heterocycles. The van der Waals surface area contributed by atoms with Gasteiger partial charge in [-0.1, -0.05) is 20.3 Å². The maximum absolute atomic E-state index is 12.2. The number of rotatable bonds is 20. The van der Waals surface area contributed by atoms with E-state index in [1.165, 1.54) is 7.05 Å². The molecule has 5 N–H and O–H groups in total. The average molecular weight is 475 g/mol. The van der Waals surface area contributed by atoms with E-state index in [4.69, 9.17) is 19.9 Å². The van der Waals surface area contributed by atoms with Crippen LogP contribution in [0.5, 0.6) is 0 Å². The van der Waals surface area contributed by atoms with Gasteiger partial charge in [0.1, 0.15) is 5.54 Å². The highest BCUT2D eigenvalue weighted by Gasteiger charge is 2.33. The Labute approximate surface area is 196 Å². The molecule has 0 saturated carbocycles. The molecular formula is C22H42N4O7. The van der Waals surface area contributed by atoms with Gasteiger partial charge in [0.25, 0.3) is 0 Å². The van der Waals surface area contributed by atoms with Crippen LogP contribution in [0.15, 0.2) is 0 Å². The summed E-state index contributed by atoms with van der Waals surface area (Å²) in [5.41, 5.74) is 4.09. The average Bonchev–Trinajstić information content (AvgIpc) is 2.76. The summed E-state index contributed by atoms with van der Waals surface area (Å²) in [6.07, 6.45) is 2.48. The number of carbonyl (C=O) groups excluding carboxylic acids is 4. The molecule has 33 heavy (non-hydrogen) atoms. The molecule has 2 atom stereocenters. The summed E-state index contributed by atoms with van der Waals surface area (Å²) in [6.45, 7) is 6.13. The first-order valence-corrected chi connectivity index (χ1v) is 11.5. The molecule has 0 rings (SSSR count). The van der Waals surface area contributed by atoms with Gasteiger partial charge in [0.05, 0.1) is 39.6 Å². The Balaban J connectivity index is 5.00. The molecule has 0 radical (unpaired) electrons. The molecule has 2 unspecified atom stereocenters. The van der Waals surface area contributed by atoms with Crippen molar-refractivity contribution in [2.45, 2.75) is 70.9 Å². The zero-order valence-corrected chi connectivity index (χ0v) is 20.5. The lowest BCUT2D eigenvalue weighted by molar-refractivity contribution is -0.130. The van der Waals surface area contributed by atoms with Crippen LogP contribution in [0.25, 0.3) is 0 Å². The zero-order valence-electron chi connectivity index (χ0n) is 20.5. The second-order valence-electron chi connectivity index (χ2n) is 7.99. The van der Waals surface area contributed by atoms with Gasteiger partial charge < -0.3 is 35.9 Å². The highest BCUT2D eigenvalue weighted by atomic mass is 16.5. The number of nitrogens with two attached hydrogens (primary N) is 1. The Morgan fingerprint density at radius 1 is 0.848 bits per heavy atom. The number of amides is 4. The van der Waals surface area contributed by atoms with Crippen LogP contribution in [-0.2, 0) is 33.4 Å². The molecule has 0 aromatic carbocycles. The van der Waals surface area contributed by atoms with Crippen LogP contribution in [0.1, 0.15) is 59.3 Å². The van der Waals surface area contributed by atoms with Gasteiger partial charge in [-0.15, -0.1) is 0 Å². The van der Waals surface area contributed by atoms with Crippen molar-refractivity contribution >= 4 is 23.6 Å². The molecule has 0 spiro atoms. The Morgan fingerprint density at radius 2 is 1.36 bits per heavy atom. The molecule has 192 valence electrons. The van der Waals surface area contributed by atoms with E-state index in [2.05, 4.69) is 22.9 Å². The maximum atomic E-state index is 12.2. The summed E-state index contributed by atoms with van der Waals surface area (Å²) >= 11 is 0. The first-order valence-electron chi connectivity index (χ1n) is 11.5. The van der Waals surface area contributed by atoms with Gasteiger partial charge in [-0.2, -0.15) is 0 Å². The van der Waals surface area contributed by atoms with Gasteiger partial charge in [-0.25, -0.2) is 0 Å². The topological polar surface area (TPSA) is 158 Å². The minimum absolute atomic E-state index is 0.00568. The van der Waals surface area contributed by atoms with Crippen molar-refractivity contribution in [1.82, 2.24) is 16.0 Å². The number of hydrogen-bond acceptors (Lipinski definition) is 7. The second kappa shape index (κ2) is 18.2. The lowest BCUT2D eigenvalue weighted by Gasteiger charge is -2.34. The smallest absolute Gasteiger partial charge is 0.222 e. The molecule has 0 heterocycles. The van der Waals surface area contributed by atoms with Gasteiger partial charge in [-0.05, 0) is 13.3 Å². The van der Waals surface area contributed by atoms with E-state index in [0.717, 1.165) is 12.8 Å². The van der Waals surface area contributed by atoms with Crippen molar-refractivity contribution in [1.29, 1.82) is 0 Å². The third kappa shape index (κ3) is 16.1. The van der Waals surface area contributed by atoms with E-state index in [1.54, 1.807) is 6.92 Å². The molecule has 0 aliphatic carbocycles. The largest absolute Gasteiger partial charge is 0.378 e. The van der Waals surface area contributed by atoms with Gasteiger partial charge in [0, 0.05) is 38.8 Å². The summed E-state index contributed by atoms with van der Waals surface area (Å²) < 4.78 is 17.0. The van der Waals surface area contributed by atoms with Gasteiger partial charge in [-0.3, -0.25) is 19.2 Å². The molecule has 0 bridgehead atoms. The Morgan fingerprint density at radius 3 is 1.82 bits per heavy atom. The van der Waals surface area contributed by atoms with E-state index in [-0.39, 0.29) is 89.1 Å². The summed E-state index contributed by atoms with van der Waals surface area (Å²) in [7, 11) is 1.54. The highest BCUT2D eigenvalue weighted by Crippen LogP contribution is 2.11. The Hall–Kier alpha value is -2.24. The molecule has 4 amide bonds. The van der Waals surface area contributed by atoms with E-state index in [0.29, 0.717) is 0 Å². The van der Waals surface area contributed by atoms with Gasteiger partial charge in [0.2, 0.25) is 23.6 Å². The molecule has 0 fully saturated rings. The van der Waals surface area contributed by atoms with Crippen molar-refractivity contribution < 1.29 is 33.4 Å². The summed E-state index contributed by atoms with van der Waals surface area (Å²) in [5.74, 6) is -1.02. The van der Waals surface area contributed by atoms with Crippen LogP contribution >= 0.6 is 0 Å². The zero-order chi connectivity index (χ0) is 25.1. The molecule has 0 saturated heterocycles. The number of primary amides is 1. The van der Waals surface area contributed by atoms with Crippen molar-refractivity contribution in [3.63, 3.8) is 0 Å². The van der Waals surface area contributed by atoms with E-state index in [9.17, 15) is 19.2 Å². The van der Waals surface area contributed by atoms with Crippen LogP contribution in [0, 0.1) is 0 Å². The molecule has 11 nitrogen and oxygen atoms in total. The number of ether oxygens (including phenoxy) is 3. The fraction of sp³-hybridized carbons (Fsp3) is 0.818. The fourth-order valence-corrected chi connectivity index (χ4v) is 2.90. The molecule has 0 aromatic heterocycles. The summed E-state index contributed by atoms with van der Waals surface area (Å²) in [4.78, 5) is 46.7. The van der Waals surface area contributed by atoms with Gasteiger partial charge in [0.15, 0.2) is 0 Å². The highest BCUT2D eigenvalue weighted by molar-refractivity contribution is 5.77. The predicted octanol–water partition coefficient (Wildman–Crippen LogP) is 0.00760. The van der Waals surface area contributed by atoms with Crippen LogP contribution in [0.4, 0.5) is 0 Å². The quantitative estimate of drug-likeness (QED) is 0.181. The van der Waals surface area contributed by atoms with E-state index < -0.39 is 11.4 Å². The number of carbonyl (C=O) groups is 4. The normalized spacial score (nSPS) is 13.6. The standard InChI is InChI=1S/C22H42N4O7/c1-5-7-17(3)25-21(30)10-13-33-16-22(26-19(28)6-2,14-31-11-8-18(23)27)15-32-12-9-20(29)24-4/h17H,5-16H2,1-4H3,(H2,23,27)(H,24,29)(H,25,30)(H,26,28). The van der Waals surface area contributed by atoms with Crippen molar-refractivity contribution in [3.8, 4) is 0 Å². The molecular weight excluding hydrogens is 432 g/mol. The maximum Gasteiger partial charge on any atom is 0.222 e. The van der Waals surface area contributed by atoms with Crippen LogP contribution in [0.3, 0.4) is 0 Å². The Kier molecular flexibility index (Phi) is 17.0. The monoisotopic (exact) mass is 474 g/mol. The number of hydrogen-bond donors (Lipinski definition) is 4. The van der Waals surface area contributed by atoms with Crippen molar-refractivity contribution in [3.05, 3.63) is 0 Å². The van der Waals surface area contributed by atoms with Crippen LogP contribution in [0.2, 0.25) is 0 Å². The van der Waals surface area contributed by atoms with Gasteiger partial charge >= 0.3 is 0 Å². The van der Waals surface area contributed by atoms with Crippen LogP contribution in [-0.4, -0.2) is 81.9 Å². The first kappa shape index (κ1) is 30.8. The lowest BCUT2D eigenvalue weighted by Crippen LogP contribution is -2.58. The SMILES string of the molecule is CCCC(C)NC(=O)CCOCC(COCCC(N)=O)(COCCC(=O)NC)NC(=O)CC. The fourth-order valence-electron chi connectivity index (χ4n) is 2.90. The Bertz CT molecular complexity index is 603. The summed E-state index contributed by atoms with van der Waals surface area (Å²) in [5, 5.41) is 8.30. The minimum atomic E-state index is -1.06. The molecule has 0 aromatic rings. The lowest BCUT2D eigenvalue weighted by atomic mass is 10.0. The predicted molar refractivity (Wildman–Crippen MR) is 123 cm³/mol. The first-order chi connectivity index (χ1) is 15.7. The second-order valence-corrected chi connectivity index (χ2v) is 7.99. The minimum Gasteiger partial charge on any atom is -0.378 e. The van der Waals surface area contributed by atoms with E-state index in [1.807, 2.05) is 6.92 Å². The van der Waals surface area contributed by atoms with Crippen molar-refractivity contribution in [2.24, 2.45) is 5.73 Å².